The van der Waals surface area contributed by atoms with Gasteiger partial charge in [0.15, 0.2) is 0 Å². The minimum absolute atomic E-state index is 0.0443. The van der Waals surface area contributed by atoms with E-state index in [-0.39, 0.29) is 31.1 Å². The number of anilines is 1. The van der Waals surface area contributed by atoms with Gasteiger partial charge in [0.2, 0.25) is 11.8 Å². The Bertz CT molecular complexity index is 771. The molecule has 0 spiro atoms. The zero-order valence-corrected chi connectivity index (χ0v) is 15.0. The van der Waals surface area contributed by atoms with Crippen LogP contribution < -0.4 is 10.2 Å². The van der Waals surface area contributed by atoms with Gasteiger partial charge in [0, 0.05) is 13.0 Å². The predicted molar refractivity (Wildman–Crippen MR) is 93.6 cm³/mol. The van der Waals surface area contributed by atoms with E-state index in [1.807, 2.05) is 6.07 Å². The summed E-state index contributed by atoms with van der Waals surface area (Å²) in [5, 5.41) is 11.2. The molecule has 1 aromatic rings. The molecule has 0 aromatic heterocycles. The summed E-state index contributed by atoms with van der Waals surface area (Å²) in [6.07, 6.45) is 2.33. The molecule has 140 valence electrons. The summed E-state index contributed by atoms with van der Waals surface area (Å²) in [4.78, 5) is 36.6. The number of halogens is 1. The lowest BCUT2D eigenvalue weighted by molar-refractivity contribution is -0.137. The number of benzene rings is 1. The minimum Gasteiger partial charge on any atom is -0.481 e. The number of nitrogens with one attached hydrogen (secondary N) is 1. The van der Waals surface area contributed by atoms with Crippen LogP contribution in [0.3, 0.4) is 0 Å². The second-order valence-corrected chi connectivity index (χ2v) is 7.54. The van der Waals surface area contributed by atoms with Crippen molar-refractivity contribution in [3.05, 3.63) is 29.1 Å². The number of fused-ring (bicyclic) bond motifs is 1. The Balaban J connectivity index is 1.76. The molecule has 1 aromatic carbocycles. The fourth-order valence-electron chi connectivity index (χ4n) is 3.40. The molecule has 2 aliphatic rings. The van der Waals surface area contributed by atoms with Crippen LogP contribution in [0.15, 0.2) is 12.1 Å². The summed E-state index contributed by atoms with van der Waals surface area (Å²) in [7, 11) is 0. The lowest BCUT2D eigenvalue weighted by atomic mass is 9.85. The van der Waals surface area contributed by atoms with Crippen LogP contribution in [-0.2, 0) is 19.8 Å². The normalized spacial score (nSPS) is 18.0. The summed E-state index contributed by atoms with van der Waals surface area (Å²) < 4.78 is 14.8. The number of carboxylic acid groups (broad SMARTS) is 1. The van der Waals surface area contributed by atoms with E-state index >= 15 is 0 Å². The van der Waals surface area contributed by atoms with Gasteiger partial charge < -0.3 is 10.4 Å². The molecule has 7 heteroatoms. The van der Waals surface area contributed by atoms with Crippen LogP contribution >= 0.6 is 0 Å². The van der Waals surface area contributed by atoms with Gasteiger partial charge in [-0.2, -0.15) is 0 Å². The zero-order chi connectivity index (χ0) is 19.1. The van der Waals surface area contributed by atoms with Crippen LogP contribution in [0.25, 0.3) is 0 Å². The van der Waals surface area contributed by atoms with E-state index < -0.39 is 23.1 Å². The van der Waals surface area contributed by atoms with E-state index in [0.717, 1.165) is 18.4 Å². The number of hydrogen-bond acceptors (Lipinski definition) is 3. The van der Waals surface area contributed by atoms with Crippen LogP contribution in [0, 0.1) is 5.82 Å². The number of carbonyl (C=O) groups excluding carboxylic acids is 2. The molecule has 6 nitrogen and oxygen atoms in total. The number of amides is 2. The summed E-state index contributed by atoms with van der Waals surface area (Å²) in [6, 6.07) is 3.38. The standard InChI is InChI=1S/C19H23FN2O4/c1-19(2)13-8-12(11-5-6-11)9-14(20)17(13)22(18(19)26)10-15(23)21-7-3-4-16(24)25/h8-9,11H,3-7,10H2,1-2H3,(H,21,23)(H,24,25). The predicted octanol–water partition coefficient (Wildman–Crippen LogP) is 2.31. The van der Waals surface area contributed by atoms with E-state index in [0.29, 0.717) is 17.9 Å². The molecule has 1 aliphatic heterocycles. The maximum Gasteiger partial charge on any atom is 0.303 e. The highest BCUT2D eigenvalue weighted by atomic mass is 19.1. The topological polar surface area (TPSA) is 86.7 Å². The monoisotopic (exact) mass is 362 g/mol. The smallest absolute Gasteiger partial charge is 0.303 e. The molecule has 0 radical (unpaired) electrons. The molecule has 3 rings (SSSR count). The van der Waals surface area contributed by atoms with Crippen LogP contribution in [0.1, 0.15) is 56.6 Å². The summed E-state index contributed by atoms with van der Waals surface area (Å²) in [6.45, 7) is 3.42. The Morgan fingerprint density at radius 3 is 2.65 bits per heavy atom. The molecule has 2 N–H and O–H groups in total. The SMILES string of the molecule is CC1(C)C(=O)N(CC(=O)NCCCC(=O)O)c2c(F)cc(C3CC3)cc21. The van der Waals surface area contributed by atoms with Gasteiger partial charge in [0.05, 0.1) is 11.1 Å². The van der Waals surface area contributed by atoms with Gasteiger partial charge in [-0.3, -0.25) is 19.3 Å². The number of aliphatic carboxylic acids is 1. The molecule has 1 heterocycles. The number of carboxylic acids is 1. The maximum absolute atomic E-state index is 14.8. The van der Waals surface area contributed by atoms with Gasteiger partial charge in [-0.25, -0.2) is 4.39 Å². The maximum atomic E-state index is 14.8. The molecular weight excluding hydrogens is 339 g/mol. The molecule has 26 heavy (non-hydrogen) atoms. The first-order chi connectivity index (χ1) is 12.2. The summed E-state index contributed by atoms with van der Waals surface area (Å²) in [5.74, 6) is -1.77. The Kier molecular flexibility index (Phi) is 4.73. The Morgan fingerprint density at radius 1 is 1.35 bits per heavy atom. The molecule has 1 aliphatic carbocycles. The van der Waals surface area contributed by atoms with E-state index in [4.69, 9.17) is 5.11 Å². The number of hydrogen-bond donors (Lipinski definition) is 2. The molecule has 1 saturated carbocycles. The van der Waals surface area contributed by atoms with E-state index in [9.17, 15) is 18.8 Å². The third kappa shape index (κ3) is 3.43. The minimum atomic E-state index is -0.932. The molecular formula is C19H23FN2O4. The molecule has 0 bridgehead atoms. The van der Waals surface area contributed by atoms with Gasteiger partial charge in [0.1, 0.15) is 12.4 Å². The molecule has 0 saturated heterocycles. The number of carbonyl (C=O) groups is 3. The van der Waals surface area contributed by atoms with Crippen molar-refractivity contribution in [2.75, 3.05) is 18.0 Å². The van der Waals surface area contributed by atoms with Gasteiger partial charge in [-0.15, -0.1) is 0 Å². The molecule has 1 fully saturated rings. The van der Waals surface area contributed by atoms with Crippen molar-refractivity contribution in [1.29, 1.82) is 0 Å². The Hall–Kier alpha value is -2.44. The quantitative estimate of drug-likeness (QED) is 0.729. The van der Waals surface area contributed by atoms with Crippen molar-refractivity contribution in [3.63, 3.8) is 0 Å². The third-order valence-electron chi connectivity index (χ3n) is 5.05. The van der Waals surface area contributed by atoms with Crippen LogP contribution in [0.4, 0.5) is 10.1 Å². The fourth-order valence-corrected chi connectivity index (χ4v) is 3.40. The first kappa shape index (κ1) is 18.4. The highest BCUT2D eigenvalue weighted by molar-refractivity contribution is 6.10. The number of rotatable bonds is 7. The summed E-state index contributed by atoms with van der Waals surface area (Å²) in [5.41, 5.74) is 0.847. The number of nitrogens with zero attached hydrogens (tertiary/aromatic N) is 1. The average molecular weight is 362 g/mol. The molecule has 2 amide bonds. The molecule has 0 unspecified atom stereocenters. The third-order valence-corrected chi connectivity index (χ3v) is 5.05. The highest BCUT2D eigenvalue weighted by Gasteiger charge is 2.46. The van der Waals surface area contributed by atoms with Crippen molar-refractivity contribution < 1.29 is 23.9 Å². The van der Waals surface area contributed by atoms with Crippen LogP contribution in [0.2, 0.25) is 0 Å². The second-order valence-electron chi connectivity index (χ2n) is 7.54. The van der Waals surface area contributed by atoms with Gasteiger partial charge >= 0.3 is 5.97 Å². The summed E-state index contributed by atoms with van der Waals surface area (Å²) >= 11 is 0. The van der Waals surface area contributed by atoms with Crippen LogP contribution in [0.5, 0.6) is 0 Å². The van der Waals surface area contributed by atoms with E-state index in [2.05, 4.69) is 5.32 Å². The van der Waals surface area contributed by atoms with Crippen molar-refractivity contribution >= 4 is 23.5 Å². The first-order valence-electron chi connectivity index (χ1n) is 8.86. The van der Waals surface area contributed by atoms with Crippen molar-refractivity contribution in [2.45, 2.75) is 50.9 Å². The van der Waals surface area contributed by atoms with Crippen molar-refractivity contribution in [1.82, 2.24) is 5.32 Å². The van der Waals surface area contributed by atoms with Gasteiger partial charge in [-0.05, 0) is 56.2 Å². The van der Waals surface area contributed by atoms with E-state index in [1.165, 1.54) is 11.0 Å². The van der Waals surface area contributed by atoms with Crippen molar-refractivity contribution in [3.8, 4) is 0 Å². The lowest BCUT2D eigenvalue weighted by Gasteiger charge is -2.20. The fraction of sp³-hybridized carbons (Fsp3) is 0.526. The molecule has 0 atom stereocenters. The first-order valence-corrected chi connectivity index (χ1v) is 8.86. The largest absolute Gasteiger partial charge is 0.481 e. The zero-order valence-electron chi connectivity index (χ0n) is 15.0. The Morgan fingerprint density at radius 2 is 2.04 bits per heavy atom. The van der Waals surface area contributed by atoms with Gasteiger partial charge in [0.25, 0.3) is 0 Å². The van der Waals surface area contributed by atoms with E-state index in [1.54, 1.807) is 13.8 Å². The average Bonchev–Trinajstić information content (AvgIpc) is 3.37. The van der Waals surface area contributed by atoms with Crippen molar-refractivity contribution in [2.24, 2.45) is 0 Å². The lowest BCUT2D eigenvalue weighted by Crippen LogP contribution is -2.43. The van der Waals surface area contributed by atoms with Crippen LogP contribution in [-0.4, -0.2) is 36.0 Å². The van der Waals surface area contributed by atoms with Gasteiger partial charge in [-0.1, -0.05) is 6.07 Å². The second kappa shape index (κ2) is 6.70. The highest BCUT2D eigenvalue weighted by Crippen LogP contribution is 2.48. The Labute approximate surface area is 151 Å².